The van der Waals surface area contributed by atoms with Gasteiger partial charge in [0.2, 0.25) is 0 Å². The van der Waals surface area contributed by atoms with Gasteiger partial charge in [-0.3, -0.25) is 0 Å². The SMILES string of the molecule is CCC1CCCC(C(N)c2ccc(C)s2)C1. The molecule has 1 saturated carbocycles. The molecule has 3 atom stereocenters. The lowest BCUT2D eigenvalue weighted by molar-refractivity contribution is 0.232. The third kappa shape index (κ3) is 2.67. The van der Waals surface area contributed by atoms with E-state index in [2.05, 4.69) is 26.0 Å². The first kappa shape index (κ1) is 12.1. The summed E-state index contributed by atoms with van der Waals surface area (Å²) in [6.07, 6.45) is 6.79. The fourth-order valence-electron chi connectivity index (χ4n) is 2.89. The van der Waals surface area contributed by atoms with Gasteiger partial charge in [-0.1, -0.05) is 26.2 Å². The van der Waals surface area contributed by atoms with Crippen molar-refractivity contribution in [3.05, 3.63) is 21.9 Å². The molecule has 90 valence electrons. The van der Waals surface area contributed by atoms with Crippen molar-refractivity contribution in [1.82, 2.24) is 0 Å². The predicted molar refractivity (Wildman–Crippen MR) is 71.7 cm³/mol. The van der Waals surface area contributed by atoms with Crippen LogP contribution in [-0.4, -0.2) is 0 Å². The van der Waals surface area contributed by atoms with Crippen LogP contribution in [0.2, 0.25) is 0 Å². The summed E-state index contributed by atoms with van der Waals surface area (Å²) < 4.78 is 0. The van der Waals surface area contributed by atoms with Crippen LogP contribution in [0.3, 0.4) is 0 Å². The molecule has 1 aliphatic carbocycles. The van der Waals surface area contributed by atoms with Crippen LogP contribution in [0, 0.1) is 18.8 Å². The maximum Gasteiger partial charge on any atom is 0.0418 e. The number of hydrogen-bond acceptors (Lipinski definition) is 2. The van der Waals surface area contributed by atoms with Crippen molar-refractivity contribution in [2.75, 3.05) is 0 Å². The molecule has 2 rings (SSSR count). The van der Waals surface area contributed by atoms with Gasteiger partial charge in [0.05, 0.1) is 0 Å². The normalized spacial score (nSPS) is 27.9. The molecule has 1 heterocycles. The van der Waals surface area contributed by atoms with Crippen LogP contribution in [0.5, 0.6) is 0 Å². The Morgan fingerprint density at radius 3 is 2.88 bits per heavy atom. The van der Waals surface area contributed by atoms with E-state index in [9.17, 15) is 0 Å². The first-order valence-electron chi connectivity index (χ1n) is 6.52. The third-order valence-corrected chi connectivity index (χ3v) is 5.10. The summed E-state index contributed by atoms with van der Waals surface area (Å²) in [7, 11) is 0. The molecule has 1 aromatic rings. The van der Waals surface area contributed by atoms with Gasteiger partial charge in [-0.25, -0.2) is 0 Å². The average Bonchev–Trinajstić information content (AvgIpc) is 2.75. The lowest BCUT2D eigenvalue weighted by atomic mass is 9.77. The molecular weight excluding hydrogens is 214 g/mol. The van der Waals surface area contributed by atoms with Gasteiger partial charge in [-0.15, -0.1) is 11.3 Å². The van der Waals surface area contributed by atoms with Crippen molar-refractivity contribution in [1.29, 1.82) is 0 Å². The van der Waals surface area contributed by atoms with Crippen LogP contribution in [0.15, 0.2) is 12.1 Å². The fourth-order valence-corrected chi connectivity index (χ4v) is 3.87. The Morgan fingerprint density at radius 1 is 1.44 bits per heavy atom. The summed E-state index contributed by atoms with van der Waals surface area (Å²) >= 11 is 1.87. The molecule has 0 aliphatic heterocycles. The largest absolute Gasteiger partial charge is 0.323 e. The van der Waals surface area contributed by atoms with Crippen LogP contribution in [-0.2, 0) is 0 Å². The van der Waals surface area contributed by atoms with E-state index < -0.39 is 0 Å². The molecule has 0 saturated heterocycles. The minimum atomic E-state index is 0.285. The molecule has 0 aromatic carbocycles. The molecule has 1 aliphatic rings. The van der Waals surface area contributed by atoms with Gasteiger partial charge in [-0.2, -0.15) is 0 Å². The van der Waals surface area contributed by atoms with Crippen molar-refractivity contribution in [2.24, 2.45) is 17.6 Å². The number of hydrogen-bond donors (Lipinski definition) is 1. The highest BCUT2D eigenvalue weighted by Crippen LogP contribution is 2.38. The highest BCUT2D eigenvalue weighted by atomic mass is 32.1. The van der Waals surface area contributed by atoms with Gasteiger partial charge in [0, 0.05) is 15.8 Å². The summed E-state index contributed by atoms with van der Waals surface area (Å²) in [4.78, 5) is 2.77. The molecule has 0 spiro atoms. The zero-order valence-corrected chi connectivity index (χ0v) is 11.2. The second-order valence-electron chi connectivity index (χ2n) is 5.18. The van der Waals surface area contributed by atoms with E-state index in [1.807, 2.05) is 11.3 Å². The first-order valence-corrected chi connectivity index (χ1v) is 7.34. The average molecular weight is 237 g/mol. The van der Waals surface area contributed by atoms with Crippen LogP contribution >= 0.6 is 11.3 Å². The maximum absolute atomic E-state index is 6.41. The van der Waals surface area contributed by atoms with E-state index in [0.29, 0.717) is 0 Å². The molecule has 3 unspecified atom stereocenters. The predicted octanol–water partition coefficient (Wildman–Crippen LogP) is 4.27. The van der Waals surface area contributed by atoms with Gasteiger partial charge < -0.3 is 5.73 Å². The second kappa shape index (κ2) is 5.33. The Hall–Kier alpha value is -0.340. The van der Waals surface area contributed by atoms with Crippen molar-refractivity contribution in [3.8, 4) is 0 Å². The van der Waals surface area contributed by atoms with Gasteiger partial charge in [-0.05, 0) is 43.7 Å². The minimum Gasteiger partial charge on any atom is -0.323 e. The zero-order chi connectivity index (χ0) is 11.5. The summed E-state index contributed by atoms with van der Waals surface area (Å²) in [5.41, 5.74) is 6.41. The van der Waals surface area contributed by atoms with E-state index >= 15 is 0 Å². The summed E-state index contributed by atoms with van der Waals surface area (Å²) in [6.45, 7) is 4.48. The van der Waals surface area contributed by atoms with E-state index in [4.69, 9.17) is 5.73 Å². The van der Waals surface area contributed by atoms with Gasteiger partial charge in [0.15, 0.2) is 0 Å². The quantitative estimate of drug-likeness (QED) is 0.834. The Labute approximate surface area is 103 Å². The standard InChI is InChI=1S/C14H23NS/c1-3-11-5-4-6-12(9-11)14(15)13-8-7-10(2)16-13/h7-8,11-12,14H,3-6,9,15H2,1-2H3. The number of rotatable bonds is 3. The monoisotopic (exact) mass is 237 g/mol. The fraction of sp³-hybridized carbons (Fsp3) is 0.714. The van der Waals surface area contributed by atoms with Crippen LogP contribution < -0.4 is 5.73 Å². The van der Waals surface area contributed by atoms with E-state index in [0.717, 1.165) is 11.8 Å². The topological polar surface area (TPSA) is 26.0 Å². The molecule has 16 heavy (non-hydrogen) atoms. The molecule has 0 bridgehead atoms. The number of aryl methyl sites for hydroxylation is 1. The minimum absolute atomic E-state index is 0.285. The zero-order valence-electron chi connectivity index (χ0n) is 10.4. The Bertz CT molecular complexity index is 331. The maximum atomic E-state index is 6.41. The molecule has 1 aromatic heterocycles. The molecular formula is C14H23NS. The van der Waals surface area contributed by atoms with Crippen LogP contribution in [0.4, 0.5) is 0 Å². The Morgan fingerprint density at radius 2 is 2.25 bits per heavy atom. The third-order valence-electron chi connectivity index (χ3n) is 4.00. The molecule has 1 fully saturated rings. The van der Waals surface area contributed by atoms with Crippen LogP contribution in [0.1, 0.15) is 54.8 Å². The lowest BCUT2D eigenvalue weighted by Crippen LogP contribution is -2.26. The molecule has 2 heteroatoms. The molecule has 0 radical (unpaired) electrons. The summed E-state index contributed by atoms with van der Waals surface area (Å²) in [5.74, 6) is 1.64. The van der Waals surface area contributed by atoms with Crippen LogP contribution in [0.25, 0.3) is 0 Å². The van der Waals surface area contributed by atoms with E-state index in [1.54, 1.807) is 0 Å². The molecule has 0 amide bonds. The number of thiophene rings is 1. The van der Waals surface area contributed by atoms with Gasteiger partial charge in [0.25, 0.3) is 0 Å². The molecule has 1 nitrogen and oxygen atoms in total. The summed E-state index contributed by atoms with van der Waals surface area (Å²) in [6, 6.07) is 4.70. The van der Waals surface area contributed by atoms with Crippen molar-refractivity contribution in [2.45, 2.75) is 52.0 Å². The highest BCUT2D eigenvalue weighted by molar-refractivity contribution is 7.12. The number of nitrogens with two attached hydrogens (primary N) is 1. The van der Waals surface area contributed by atoms with Crippen molar-refractivity contribution in [3.63, 3.8) is 0 Å². The van der Waals surface area contributed by atoms with Gasteiger partial charge >= 0.3 is 0 Å². The first-order chi connectivity index (χ1) is 7.70. The van der Waals surface area contributed by atoms with Crippen molar-refractivity contribution >= 4 is 11.3 Å². The van der Waals surface area contributed by atoms with E-state index in [1.165, 1.54) is 41.9 Å². The second-order valence-corrected chi connectivity index (χ2v) is 6.49. The summed E-state index contributed by atoms with van der Waals surface area (Å²) in [5, 5.41) is 0. The Kier molecular flexibility index (Phi) is 4.04. The lowest BCUT2D eigenvalue weighted by Gasteiger charge is -2.32. The highest BCUT2D eigenvalue weighted by Gasteiger charge is 2.27. The smallest absolute Gasteiger partial charge is 0.0418 e. The van der Waals surface area contributed by atoms with E-state index in [-0.39, 0.29) is 6.04 Å². The van der Waals surface area contributed by atoms with Crippen molar-refractivity contribution < 1.29 is 0 Å². The molecule has 2 N–H and O–H groups in total. The van der Waals surface area contributed by atoms with Gasteiger partial charge in [0.1, 0.15) is 0 Å². The Balaban J connectivity index is 2.01.